The average molecular weight is 483 g/mol. The number of benzene rings is 1. The van der Waals surface area contributed by atoms with Crippen molar-refractivity contribution in [1.29, 1.82) is 0 Å². The molecule has 33 heavy (non-hydrogen) atoms. The highest BCUT2D eigenvalue weighted by molar-refractivity contribution is 6.33. The van der Waals surface area contributed by atoms with Gasteiger partial charge in [-0.1, -0.05) is 11.6 Å². The lowest BCUT2D eigenvalue weighted by Gasteiger charge is -2.22. The van der Waals surface area contributed by atoms with Crippen LogP contribution in [-0.4, -0.2) is 46.7 Å². The molecule has 1 aliphatic rings. The van der Waals surface area contributed by atoms with E-state index < -0.39 is 47.9 Å². The molecule has 5 N–H and O–H groups in total. The fourth-order valence-electron chi connectivity index (χ4n) is 3.32. The molecule has 3 rings (SSSR count). The van der Waals surface area contributed by atoms with Crippen LogP contribution in [0.2, 0.25) is 5.02 Å². The van der Waals surface area contributed by atoms with Gasteiger partial charge in [0.05, 0.1) is 16.8 Å². The number of pyridine rings is 1. The minimum atomic E-state index is -1.14. The molecule has 2 heterocycles. The molecule has 3 unspecified atom stereocenters. The normalized spacial score (nSPS) is 20.9. The van der Waals surface area contributed by atoms with Gasteiger partial charge < -0.3 is 30.9 Å². The van der Waals surface area contributed by atoms with Crippen LogP contribution in [0.25, 0.3) is 0 Å². The summed E-state index contributed by atoms with van der Waals surface area (Å²) in [5.41, 5.74) is 4.85. The van der Waals surface area contributed by atoms with Crippen LogP contribution in [0.15, 0.2) is 35.3 Å². The van der Waals surface area contributed by atoms with E-state index in [9.17, 15) is 23.9 Å². The maximum Gasteiger partial charge on any atom is 0.275 e. The predicted molar refractivity (Wildman–Crippen MR) is 118 cm³/mol. The number of nitrogens with two attached hydrogens (primary N) is 1. The number of hydrogen-bond acceptors (Lipinski definition) is 7. The lowest BCUT2D eigenvalue weighted by Crippen LogP contribution is -2.45. The van der Waals surface area contributed by atoms with Crippen LogP contribution < -0.4 is 21.9 Å². The zero-order valence-corrected chi connectivity index (χ0v) is 18.6. The fourth-order valence-corrected chi connectivity index (χ4v) is 3.50. The molecule has 0 bridgehead atoms. The molecule has 10 nitrogen and oxygen atoms in total. The Labute approximate surface area is 193 Å². The van der Waals surface area contributed by atoms with Crippen LogP contribution in [0.1, 0.15) is 36.7 Å². The van der Waals surface area contributed by atoms with Gasteiger partial charge in [-0.05, 0) is 32.0 Å². The van der Waals surface area contributed by atoms with Gasteiger partial charge in [0.15, 0.2) is 12.6 Å². The van der Waals surface area contributed by atoms with Gasteiger partial charge in [0, 0.05) is 30.9 Å². The zero-order valence-electron chi connectivity index (χ0n) is 17.9. The number of halogens is 2. The smallest absolute Gasteiger partial charge is 0.275 e. The molecule has 1 aliphatic heterocycles. The van der Waals surface area contributed by atoms with Crippen molar-refractivity contribution in [1.82, 2.24) is 9.88 Å². The first-order valence-electron chi connectivity index (χ1n) is 10.1. The number of hydrogen-bond donors (Lipinski definition) is 4. The Morgan fingerprint density at radius 1 is 1.42 bits per heavy atom. The highest BCUT2D eigenvalue weighted by Gasteiger charge is 2.37. The molecule has 12 heteroatoms. The summed E-state index contributed by atoms with van der Waals surface area (Å²) in [6.45, 7) is 3.42. The molecule has 2 amide bonds. The number of rotatable bonds is 7. The highest BCUT2D eigenvalue weighted by atomic mass is 35.5. The third-order valence-corrected chi connectivity index (χ3v) is 5.38. The molecule has 4 atom stereocenters. The Balaban J connectivity index is 1.79. The van der Waals surface area contributed by atoms with Crippen molar-refractivity contribution in [3.8, 4) is 0 Å². The summed E-state index contributed by atoms with van der Waals surface area (Å²) in [6, 6.07) is 3.19. The second kappa shape index (κ2) is 10.3. The largest absolute Gasteiger partial charge is 0.398 e. The first kappa shape index (κ1) is 24.6. The Morgan fingerprint density at radius 3 is 2.82 bits per heavy atom. The topological polar surface area (TPSA) is 145 Å². The lowest BCUT2D eigenvalue weighted by atomic mass is 10.2. The minimum Gasteiger partial charge on any atom is -0.398 e. The van der Waals surface area contributed by atoms with Gasteiger partial charge in [-0.2, -0.15) is 0 Å². The van der Waals surface area contributed by atoms with Crippen LogP contribution in [-0.2, 0) is 14.3 Å². The molecule has 1 fully saturated rings. The number of amides is 2. The standard InChI is InChI=1S/C21H24ClFN4O6/c1-3-32-21-16(8-17(28)33-21)26-18(29)10(2)27-9-12(23)7-15(20(27)31)25-19(30)11-4-5-14(24)13(22)6-11/h4-7,9-10,16-17,21,28H,3,8,24H2,1-2H3,(H,25,30)(H,26,29)/t10?,16-,17?,21?/m0/s1. The van der Waals surface area contributed by atoms with E-state index in [1.807, 2.05) is 0 Å². The molecular formula is C21H24ClFN4O6. The SMILES string of the molecule is CCOC1OC(O)C[C@@H]1NC(=O)C(C)n1cc(F)cc(NC(=O)c2ccc(N)c(Cl)c2)c1=O. The van der Waals surface area contributed by atoms with Crippen molar-refractivity contribution in [2.24, 2.45) is 0 Å². The number of anilines is 2. The van der Waals surface area contributed by atoms with Crippen molar-refractivity contribution >= 4 is 34.8 Å². The maximum absolute atomic E-state index is 14.3. The second-order valence-corrected chi connectivity index (χ2v) is 7.82. The number of carbonyl (C=O) groups excluding carboxylic acids is 2. The number of nitrogens with one attached hydrogen (secondary N) is 2. The van der Waals surface area contributed by atoms with Gasteiger partial charge in [0.1, 0.15) is 17.5 Å². The van der Waals surface area contributed by atoms with Crippen molar-refractivity contribution < 1.29 is 28.6 Å². The van der Waals surface area contributed by atoms with E-state index >= 15 is 0 Å². The van der Waals surface area contributed by atoms with Crippen molar-refractivity contribution in [2.45, 2.75) is 44.9 Å². The first-order chi connectivity index (χ1) is 15.6. The van der Waals surface area contributed by atoms with Crippen molar-refractivity contribution in [3.63, 3.8) is 0 Å². The van der Waals surface area contributed by atoms with Gasteiger partial charge >= 0.3 is 0 Å². The molecule has 0 radical (unpaired) electrons. The minimum absolute atomic E-state index is 0.0899. The molecule has 1 saturated heterocycles. The number of aliphatic hydroxyl groups is 1. The Bertz CT molecular complexity index is 1110. The molecular weight excluding hydrogens is 459 g/mol. The van der Waals surface area contributed by atoms with E-state index in [2.05, 4.69) is 10.6 Å². The third kappa shape index (κ3) is 5.69. The van der Waals surface area contributed by atoms with Gasteiger partial charge in [0.25, 0.3) is 11.5 Å². The quantitative estimate of drug-likeness (QED) is 0.439. The number of aliphatic hydroxyl groups excluding tert-OH is 1. The van der Waals surface area contributed by atoms with Crippen LogP contribution in [0.4, 0.5) is 15.8 Å². The average Bonchev–Trinajstić information content (AvgIpc) is 3.10. The molecule has 1 aromatic carbocycles. The number of nitrogens with zero attached hydrogens (tertiary/aromatic N) is 1. The van der Waals surface area contributed by atoms with Crippen molar-refractivity contribution in [2.75, 3.05) is 17.7 Å². The van der Waals surface area contributed by atoms with E-state index in [0.29, 0.717) is 6.61 Å². The summed E-state index contributed by atoms with van der Waals surface area (Å²) in [5, 5.41) is 14.8. The van der Waals surface area contributed by atoms with Gasteiger partial charge in [-0.3, -0.25) is 19.0 Å². The van der Waals surface area contributed by atoms with Crippen LogP contribution in [0.5, 0.6) is 0 Å². The summed E-state index contributed by atoms with van der Waals surface area (Å²) in [6.07, 6.45) is -1.01. The third-order valence-electron chi connectivity index (χ3n) is 5.05. The maximum atomic E-state index is 14.3. The Hall–Kier alpha value is -2.99. The molecule has 0 saturated carbocycles. The number of aromatic nitrogens is 1. The van der Waals surface area contributed by atoms with E-state index in [4.69, 9.17) is 26.8 Å². The van der Waals surface area contributed by atoms with Crippen LogP contribution in [0, 0.1) is 5.82 Å². The first-order valence-corrected chi connectivity index (χ1v) is 10.5. The Morgan fingerprint density at radius 2 is 2.15 bits per heavy atom. The summed E-state index contributed by atoms with van der Waals surface area (Å²) in [7, 11) is 0. The molecule has 178 valence electrons. The van der Waals surface area contributed by atoms with E-state index in [0.717, 1.165) is 16.8 Å². The fraction of sp³-hybridized carbons (Fsp3) is 0.381. The highest BCUT2D eigenvalue weighted by Crippen LogP contribution is 2.22. The van der Waals surface area contributed by atoms with E-state index in [-0.39, 0.29) is 28.4 Å². The van der Waals surface area contributed by atoms with E-state index in [1.54, 1.807) is 6.92 Å². The number of ether oxygens (including phenoxy) is 2. The summed E-state index contributed by atoms with van der Waals surface area (Å²) in [5.74, 6) is -2.18. The molecule has 2 aromatic rings. The van der Waals surface area contributed by atoms with Gasteiger partial charge in [-0.25, -0.2) is 4.39 Å². The van der Waals surface area contributed by atoms with Crippen LogP contribution >= 0.6 is 11.6 Å². The zero-order chi connectivity index (χ0) is 24.3. The van der Waals surface area contributed by atoms with Crippen molar-refractivity contribution in [3.05, 3.63) is 57.2 Å². The summed E-state index contributed by atoms with van der Waals surface area (Å²) < 4.78 is 25.7. The lowest BCUT2D eigenvalue weighted by molar-refractivity contribution is -0.188. The number of carbonyl (C=O) groups is 2. The van der Waals surface area contributed by atoms with Gasteiger partial charge in [0.2, 0.25) is 5.91 Å². The van der Waals surface area contributed by atoms with E-state index in [1.165, 1.54) is 25.1 Å². The monoisotopic (exact) mass is 482 g/mol. The Kier molecular flexibility index (Phi) is 7.69. The summed E-state index contributed by atoms with van der Waals surface area (Å²) >= 11 is 5.92. The van der Waals surface area contributed by atoms with Crippen LogP contribution in [0.3, 0.4) is 0 Å². The number of nitrogen functional groups attached to an aromatic ring is 1. The molecule has 0 spiro atoms. The predicted octanol–water partition coefficient (Wildman–Crippen LogP) is 1.62. The second-order valence-electron chi connectivity index (χ2n) is 7.42. The summed E-state index contributed by atoms with van der Waals surface area (Å²) in [4.78, 5) is 38.1. The van der Waals surface area contributed by atoms with Gasteiger partial charge in [-0.15, -0.1) is 0 Å². The molecule has 0 aliphatic carbocycles. The molecule has 1 aromatic heterocycles.